The zero-order valence-corrected chi connectivity index (χ0v) is 19.2. The van der Waals surface area contributed by atoms with E-state index < -0.39 is 21.7 Å². The van der Waals surface area contributed by atoms with E-state index >= 15 is 0 Å². The zero-order valence-electron chi connectivity index (χ0n) is 18.4. The van der Waals surface area contributed by atoms with Crippen LogP contribution >= 0.6 is 0 Å². The van der Waals surface area contributed by atoms with Crippen molar-refractivity contribution in [3.63, 3.8) is 0 Å². The molecule has 1 aliphatic rings. The molecule has 0 unspecified atom stereocenters. The molecule has 3 aromatic rings. The minimum atomic E-state index is -4.11. The normalized spacial score (nSPS) is 14.9. The van der Waals surface area contributed by atoms with Gasteiger partial charge in [-0.25, -0.2) is 17.1 Å². The third-order valence-corrected chi connectivity index (χ3v) is 7.37. The highest BCUT2D eigenvalue weighted by Crippen LogP contribution is 2.36. The molecule has 0 bridgehead atoms. The number of methoxy groups -OCH3 is 1. The Labute approximate surface area is 196 Å². The van der Waals surface area contributed by atoms with Crippen molar-refractivity contribution < 1.29 is 27.1 Å². The molecule has 0 atom stereocenters. The number of carbonyl (C=O) groups excluding carboxylic acids is 2. The Morgan fingerprint density at radius 3 is 2.18 bits per heavy atom. The minimum absolute atomic E-state index is 0.0714. The molecule has 1 heterocycles. The van der Waals surface area contributed by atoms with E-state index in [1.807, 2.05) is 0 Å². The van der Waals surface area contributed by atoms with Crippen LogP contribution in [0.15, 0.2) is 78.4 Å². The van der Waals surface area contributed by atoms with Gasteiger partial charge < -0.3 is 10.1 Å². The number of nitrogens with zero attached hydrogens (tertiary/aromatic N) is 1. The first-order valence-electron chi connectivity index (χ1n) is 10.3. The van der Waals surface area contributed by atoms with Gasteiger partial charge in [0.05, 0.1) is 13.7 Å². The third-order valence-electron chi connectivity index (χ3n) is 5.43. The number of hydrogen-bond acceptors (Lipinski definition) is 5. The fraction of sp³-hybridized carbons (Fsp3) is 0.120. The molecule has 0 saturated carbocycles. The Hall–Kier alpha value is -3.98. The molecule has 0 aliphatic carbocycles. The fourth-order valence-electron chi connectivity index (χ4n) is 3.63. The van der Waals surface area contributed by atoms with Gasteiger partial charge in [-0.15, -0.1) is 0 Å². The minimum Gasteiger partial charge on any atom is -0.497 e. The van der Waals surface area contributed by atoms with Crippen molar-refractivity contribution in [3.8, 4) is 5.75 Å². The summed E-state index contributed by atoms with van der Waals surface area (Å²) in [5.41, 5.74) is 1.82. The summed E-state index contributed by atoms with van der Waals surface area (Å²) in [4.78, 5) is 25.1. The Morgan fingerprint density at radius 1 is 0.971 bits per heavy atom. The lowest BCUT2D eigenvalue weighted by molar-refractivity contribution is -0.122. The van der Waals surface area contributed by atoms with E-state index in [4.69, 9.17) is 4.74 Å². The molecule has 1 aliphatic heterocycles. The molecule has 34 heavy (non-hydrogen) atoms. The third kappa shape index (κ3) is 4.42. The van der Waals surface area contributed by atoms with Crippen molar-refractivity contribution in [3.05, 3.63) is 101 Å². The smallest absolute Gasteiger partial charge is 0.268 e. The number of hydrogen-bond donors (Lipinski definition) is 1. The summed E-state index contributed by atoms with van der Waals surface area (Å²) in [6, 6.07) is 18.1. The number of ether oxygens (including phenoxy) is 1. The number of anilines is 1. The quantitative estimate of drug-likeness (QED) is 0.571. The Bertz CT molecular complexity index is 1380. The van der Waals surface area contributed by atoms with Crippen molar-refractivity contribution in [2.75, 3.05) is 12.4 Å². The summed E-state index contributed by atoms with van der Waals surface area (Å²) in [6.07, 6.45) is 0. The first-order chi connectivity index (χ1) is 16.2. The Morgan fingerprint density at radius 2 is 1.59 bits per heavy atom. The SMILES string of the molecule is COc1ccc(NC(=O)c2ccc(CN3C(=O)C(C)=C(c4ccc(F)cc4)S3(=O)=O)cc2)cc1. The molecule has 0 fully saturated rings. The van der Waals surface area contributed by atoms with Crippen LogP contribution in [0.1, 0.15) is 28.4 Å². The Balaban J connectivity index is 1.49. The average molecular weight is 481 g/mol. The van der Waals surface area contributed by atoms with Crippen LogP contribution in [0.2, 0.25) is 0 Å². The maximum atomic E-state index is 13.3. The molecule has 9 heteroatoms. The van der Waals surface area contributed by atoms with E-state index in [9.17, 15) is 22.4 Å². The molecule has 0 aromatic heterocycles. The Kier molecular flexibility index (Phi) is 6.21. The molecule has 2 amide bonds. The predicted molar refractivity (Wildman–Crippen MR) is 126 cm³/mol. The van der Waals surface area contributed by atoms with Gasteiger partial charge in [0, 0.05) is 16.8 Å². The highest BCUT2D eigenvalue weighted by molar-refractivity contribution is 7.99. The highest BCUT2D eigenvalue weighted by atomic mass is 32.2. The molecule has 174 valence electrons. The standard InChI is InChI=1S/C25H21FN2O5S/c1-16-23(18-7-9-20(26)10-8-18)34(31,32)28(25(16)30)15-17-3-5-19(6-4-17)24(29)27-21-11-13-22(33-2)14-12-21/h3-14H,15H2,1-2H3,(H,27,29). The second kappa shape index (κ2) is 9.11. The molecule has 1 N–H and O–H groups in total. The summed E-state index contributed by atoms with van der Waals surface area (Å²) >= 11 is 0. The van der Waals surface area contributed by atoms with Gasteiger partial charge in [-0.1, -0.05) is 24.3 Å². The van der Waals surface area contributed by atoms with Crippen molar-refractivity contribution in [1.29, 1.82) is 0 Å². The molecular weight excluding hydrogens is 459 g/mol. The van der Waals surface area contributed by atoms with Crippen LogP contribution in [-0.2, 0) is 21.4 Å². The summed E-state index contributed by atoms with van der Waals surface area (Å²) in [5.74, 6) is -0.809. The number of sulfonamides is 1. The molecule has 3 aromatic carbocycles. The van der Waals surface area contributed by atoms with E-state index in [1.165, 1.54) is 19.1 Å². The van der Waals surface area contributed by atoms with Crippen LogP contribution in [0, 0.1) is 5.82 Å². The molecule has 4 rings (SSSR count). The molecular formula is C25H21FN2O5S. The van der Waals surface area contributed by atoms with Crippen molar-refractivity contribution in [2.45, 2.75) is 13.5 Å². The van der Waals surface area contributed by atoms with Gasteiger partial charge in [0.25, 0.3) is 21.8 Å². The van der Waals surface area contributed by atoms with Crippen molar-refractivity contribution in [1.82, 2.24) is 4.31 Å². The van der Waals surface area contributed by atoms with Gasteiger partial charge in [-0.05, 0) is 66.6 Å². The van der Waals surface area contributed by atoms with Crippen LogP contribution < -0.4 is 10.1 Å². The fourth-order valence-corrected chi connectivity index (χ4v) is 5.43. The first-order valence-corrected chi connectivity index (χ1v) is 11.7. The number of carbonyl (C=O) groups is 2. The van der Waals surface area contributed by atoms with Gasteiger partial charge in [-0.3, -0.25) is 9.59 Å². The maximum Gasteiger partial charge on any atom is 0.268 e. The van der Waals surface area contributed by atoms with Gasteiger partial charge in [-0.2, -0.15) is 0 Å². The topological polar surface area (TPSA) is 92.8 Å². The van der Waals surface area contributed by atoms with E-state index in [0.717, 1.165) is 16.4 Å². The lowest BCUT2D eigenvalue weighted by Crippen LogP contribution is -2.30. The van der Waals surface area contributed by atoms with Crippen LogP contribution in [0.4, 0.5) is 10.1 Å². The lowest BCUT2D eigenvalue weighted by Gasteiger charge is -2.17. The van der Waals surface area contributed by atoms with Crippen LogP contribution in [0.3, 0.4) is 0 Å². The molecule has 0 saturated heterocycles. The number of rotatable bonds is 6. The molecule has 0 radical (unpaired) electrons. The van der Waals surface area contributed by atoms with Gasteiger partial charge >= 0.3 is 0 Å². The lowest BCUT2D eigenvalue weighted by atomic mass is 10.1. The number of nitrogens with one attached hydrogen (secondary N) is 1. The van der Waals surface area contributed by atoms with Crippen molar-refractivity contribution in [2.24, 2.45) is 0 Å². The van der Waals surface area contributed by atoms with E-state index in [-0.39, 0.29) is 28.5 Å². The predicted octanol–water partition coefficient (Wildman–Crippen LogP) is 4.19. The van der Waals surface area contributed by atoms with E-state index in [0.29, 0.717) is 22.6 Å². The molecule has 7 nitrogen and oxygen atoms in total. The second-order valence-corrected chi connectivity index (χ2v) is 9.46. The summed E-state index contributed by atoms with van der Waals surface area (Å²) in [5, 5.41) is 2.77. The first kappa shape index (κ1) is 23.2. The van der Waals surface area contributed by atoms with Gasteiger partial charge in [0.1, 0.15) is 16.5 Å². The van der Waals surface area contributed by atoms with Crippen LogP contribution in [0.25, 0.3) is 4.91 Å². The summed E-state index contributed by atoms with van der Waals surface area (Å²) < 4.78 is 45.4. The second-order valence-electron chi connectivity index (χ2n) is 7.66. The number of benzene rings is 3. The van der Waals surface area contributed by atoms with E-state index in [2.05, 4.69) is 5.32 Å². The van der Waals surface area contributed by atoms with Crippen LogP contribution in [0.5, 0.6) is 5.75 Å². The number of halogens is 1. The van der Waals surface area contributed by atoms with Crippen molar-refractivity contribution >= 4 is 32.4 Å². The average Bonchev–Trinajstić information content (AvgIpc) is 3.00. The summed E-state index contributed by atoms with van der Waals surface area (Å²) in [7, 11) is -2.56. The highest BCUT2D eigenvalue weighted by Gasteiger charge is 2.42. The zero-order chi connectivity index (χ0) is 24.5. The molecule has 0 spiro atoms. The maximum absolute atomic E-state index is 13.3. The van der Waals surface area contributed by atoms with Gasteiger partial charge in [0.15, 0.2) is 0 Å². The van der Waals surface area contributed by atoms with Crippen LogP contribution in [-0.4, -0.2) is 31.6 Å². The largest absolute Gasteiger partial charge is 0.497 e. The monoisotopic (exact) mass is 480 g/mol. The van der Waals surface area contributed by atoms with E-state index in [1.54, 1.807) is 55.6 Å². The summed E-state index contributed by atoms with van der Waals surface area (Å²) in [6.45, 7) is 1.24. The number of amides is 2. The van der Waals surface area contributed by atoms with Gasteiger partial charge in [0.2, 0.25) is 0 Å².